The number of esters is 1. The second-order valence-electron chi connectivity index (χ2n) is 8.67. The quantitative estimate of drug-likeness (QED) is 0.163. The summed E-state index contributed by atoms with van der Waals surface area (Å²) in [5, 5.41) is 12.8. The van der Waals surface area contributed by atoms with Crippen molar-refractivity contribution in [2.24, 2.45) is 0 Å². The largest absolute Gasteiger partial charge is 0.470 e. The zero-order valence-corrected chi connectivity index (χ0v) is 21.5. The molecule has 0 saturated heterocycles. The van der Waals surface area contributed by atoms with E-state index in [1.807, 2.05) is 39.6 Å². The van der Waals surface area contributed by atoms with Gasteiger partial charge in [-0.05, 0) is 45.4 Å². The van der Waals surface area contributed by atoms with Crippen molar-refractivity contribution >= 4 is 23.5 Å². The van der Waals surface area contributed by atoms with E-state index in [0.29, 0.717) is 49.1 Å². The van der Waals surface area contributed by atoms with Gasteiger partial charge in [0.2, 0.25) is 5.82 Å². The molecule has 1 N–H and O–H groups in total. The Morgan fingerprint density at radius 2 is 1.97 bits per heavy atom. The molecule has 0 amide bonds. The summed E-state index contributed by atoms with van der Waals surface area (Å²) in [4.78, 5) is 29.3. The standard InChI is InChI=1S/C22H33N5O7S/c1-6-31-12-11-26(5)19-20(25-35-24-19)32-15-18(13-23-22(2,3)4)34-21(28)17-9-7-16(8-10-17)14-33-27(29)30/h7-10,18,23H,6,11-15H2,1-5H3. The Hall–Kier alpha value is -3.03. The predicted octanol–water partition coefficient (Wildman–Crippen LogP) is 2.71. The molecule has 1 aromatic carbocycles. The number of carbonyl (C=O) groups excluding carboxylic acids is 1. The average Bonchev–Trinajstić information content (AvgIpc) is 3.28. The second kappa shape index (κ2) is 13.8. The lowest BCUT2D eigenvalue weighted by Gasteiger charge is -2.25. The smallest absolute Gasteiger partial charge is 0.338 e. The molecule has 0 radical (unpaired) electrons. The number of hydrogen-bond donors (Lipinski definition) is 1. The molecule has 1 atom stereocenters. The van der Waals surface area contributed by atoms with Gasteiger partial charge in [0, 0.05) is 32.3 Å². The predicted molar refractivity (Wildman–Crippen MR) is 130 cm³/mol. The topological polar surface area (TPSA) is 138 Å². The molecule has 0 fully saturated rings. The molecular formula is C22H33N5O7S. The van der Waals surface area contributed by atoms with Gasteiger partial charge in [0.1, 0.15) is 19.3 Å². The molecule has 2 aromatic rings. The van der Waals surface area contributed by atoms with Crippen LogP contribution in [0.1, 0.15) is 43.6 Å². The minimum absolute atomic E-state index is 0.0707. The van der Waals surface area contributed by atoms with Crippen LogP contribution < -0.4 is 15.0 Å². The molecule has 12 nitrogen and oxygen atoms in total. The lowest BCUT2D eigenvalue weighted by Crippen LogP contribution is -2.44. The zero-order valence-electron chi connectivity index (χ0n) is 20.7. The Morgan fingerprint density at radius 1 is 1.26 bits per heavy atom. The number of hydrogen-bond acceptors (Lipinski definition) is 12. The van der Waals surface area contributed by atoms with Gasteiger partial charge in [-0.15, -0.1) is 14.5 Å². The maximum absolute atomic E-state index is 12.7. The molecule has 1 heterocycles. The van der Waals surface area contributed by atoms with E-state index in [1.165, 1.54) is 12.1 Å². The molecule has 0 bridgehead atoms. The molecule has 35 heavy (non-hydrogen) atoms. The van der Waals surface area contributed by atoms with E-state index in [4.69, 9.17) is 14.2 Å². The van der Waals surface area contributed by atoms with Gasteiger partial charge in [-0.2, -0.15) is 4.37 Å². The number of rotatable bonds is 15. The van der Waals surface area contributed by atoms with E-state index in [-0.39, 0.29) is 18.8 Å². The van der Waals surface area contributed by atoms with Gasteiger partial charge in [-0.3, -0.25) is 0 Å². The van der Waals surface area contributed by atoms with Crippen molar-refractivity contribution < 1.29 is 28.9 Å². The summed E-state index contributed by atoms with van der Waals surface area (Å²) < 4.78 is 25.5. The monoisotopic (exact) mass is 511 g/mol. The fourth-order valence-corrected chi connectivity index (χ4v) is 3.31. The molecule has 194 valence electrons. The molecular weight excluding hydrogens is 478 g/mol. The third-order valence-corrected chi connectivity index (χ3v) is 5.15. The summed E-state index contributed by atoms with van der Waals surface area (Å²) in [7, 11) is 1.88. The lowest BCUT2D eigenvalue weighted by atomic mass is 10.1. The van der Waals surface area contributed by atoms with Crippen LogP contribution in [-0.2, 0) is 20.9 Å². The third kappa shape index (κ3) is 10.4. The summed E-state index contributed by atoms with van der Waals surface area (Å²) >= 11 is 1.04. The van der Waals surface area contributed by atoms with Crippen molar-refractivity contribution in [3.05, 3.63) is 45.5 Å². The highest BCUT2D eigenvalue weighted by Gasteiger charge is 2.22. The Balaban J connectivity index is 2.02. The van der Waals surface area contributed by atoms with Crippen LogP contribution in [0, 0.1) is 10.1 Å². The van der Waals surface area contributed by atoms with Crippen LogP contribution in [0.4, 0.5) is 5.82 Å². The van der Waals surface area contributed by atoms with Gasteiger partial charge in [-0.25, -0.2) is 4.79 Å². The van der Waals surface area contributed by atoms with Gasteiger partial charge >= 0.3 is 5.97 Å². The minimum atomic E-state index is -0.866. The average molecular weight is 512 g/mol. The summed E-state index contributed by atoms with van der Waals surface area (Å²) in [6, 6.07) is 6.21. The van der Waals surface area contributed by atoms with Gasteiger partial charge in [0.15, 0.2) is 0 Å². The number of carbonyl (C=O) groups is 1. The van der Waals surface area contributed by atoms with Gasteiger partial charge in [0.25, 0.3) is 11.0 Å². The van der Waals surface area contributed by atoms with Crippen molar-refractivity contribution in [2.45, 2.75) is 45.9 Å². The fraction of sp³-hybridized carbons (Fsp3) is 0.591. The van der Waals surface area contributed by atoms with E-state index in [1.54, 1.807) is 12.1 Å². The summed E-state index contributed by atoms with van der Waals surface area (Å²) in [6.07, 6.45) is -0.609. The second-order valence-corrected chi connectivity index (χ2v) is 9.20. The van der Waals surface area contributed by atoms with Crippen molar-refractivity contribution in [3.63, 3.8) is 0 Å². The third-order valence-electron chi connectivity index (χ3n) is 4.65. The molecule has 13 heteroatoms. The maximum atomic E-state index is 12.7. The van der Waals surface area contributed by atoms with E-state index in [0.717, 1.165) is 11.7 Å². The molecule has 0 spiro atoms. The van der Waals surface area contributed by atoms with Gasteiger partial charge < -0.3 is 29.3 Å². The SMILES string of the molecule is CCOCCN(C)c1nsnc1OCC(CNC(C)(C)C)OC(=O)c1ccc(CO[N+](=O)[O-])cc1. The van der Waals surface area contributed by atoms with Crippen molar-refractivity contribution in [2.75, 3.05) is 44.9 Å². The normalized spacial score (nSPS) is 12.1. The first-order valence-corrected chi connectivity index (χ1v) is 11.9. The first-order valence-electron chi connectivity index (χ1n) is 11.2. The summed E-state index contributed by atoms with van der Waals surface area (Å²) in [5.41, 5.74) is 0.669. The number of benzene rings is 1. The van der Waals surface area contributed by atoms with Crippen molar-refractivity contribution in [1.82, 2.24) is 14.1 Å². The first-order chi connectivity index (χ1) is 16.6. The number of anilines is 1. The fourth-order valence-electron chi connectivity index (χ4n) is 2.76. The Kier molecular flexibility index (Phi) is 11.1. The van der Waals surface area contributed by atoms with Crippen molar-refractivity contribution in [3.8, 4) is 5.88 Å². The molecule has 0 saturated carbocycles. The number of ether oxygens (including phenoxy) is 3. The van der Waals surface area contributed by atoms with Gasteiger partial charge in [-0.1, -0.05) is 12.1 Å². The highest BCUT2D eigenvalue weighted by atomic mass is 32.1. The van der Waals surface area contributed by atoms with Crippen LogP contribution in [0.15, 0.2) is 24.3 Å². The number of aromatic nitrogens is 2. The van der Waals surface area contributed by atoms with Crippen LogP contribution in [-0.4, -0.2) is 71.4 Å². The highest BCUT2D eigenvalue weighted by Crippen LogP contribution is 2.24. The van der Waals surface area contributed by atoms with Crippen LogP contribution in [0.2, 0.25) is 0 Å². The first kappa shape index (κ1) is 28.2. The Morgan fingerprint density at radius 3 is 2.60 bits per heavy atom. The number of likely N-dealkylation sites (N-methyl/N-ethyl adjacent to an activating group) is 1. The van der Waals surface area contributed by atoms with E-state index >= 15 is 0 Å². The van der Waals surface area contributed by atoms with Crippen LogP contribution >= 0.6 is 11.7 Å². The van der Waals surface area contributed by atoms with Gasteiger partial charge in [0.05, 0.1) is 23.9 Å². The van der Waals surface area contributed by atoms with Crippen LogP contribution in [0.25, 0.3) is 0 Å². The molecule has 0 aliphatic heterocycles. The minimum Gasteiger partial charge on any atom is -0.470 e. The van der Waals surface area contributed by atoms with E-state index < -0.39 is 17.2 Å². The van der Waals surface area contributed by atoms with Crippen LogP contribution in [0.5, 0.6) is 5.88 Å². The molecule has 1 aromatic heterocycles. The van der Waals surface area contributed by atoms with E-state index in [9.17, 15) is 14.9 Å². The number of nitrogens with one attached hydrogen (secondary N) is 1. The van der Waals surface area contributed by atoms with Crippen molar-refractivity contribution in [1.29, 1.82) is 0 Å². The van der Waals surface area contributed by atoms with Crippen LogP contribution in [0.3, 0.4) is 0 Å². The molecule has 0 aliphatic rings. The van der Waals surface area contributed by atoms with E-state index in [2.05, 4.69) is 18.9 Å². The highest BCUT2D eigenvalue weighted by molar-refractivity contribution is 6.99. The summed E-state index contributed by atoms with van der Waals surface area (Å²) in [5.74, 6) is 0.415. The zero-order chi connectivity index (χ0) is 25.8. The summed E-state index contributed by atoms with van der Waals surface area (Å²) in [6.45, 7) is 10.0. The molecule has 0 aliphatic carbocycles. The lowest BCUT2D eigenvalue weighted by molar-refractivity contribution is -0.763. The number of nitrogens with zero attached hydrogens (tertiary/aromatic N) is 4. The molecule has 2 rings (SSSR count). The Labute approximate surface area is 208 Å². The maximum Gasteiger partial charge on any atom is 0.338 e. The Bertz CT molecular complexity index is 933. The molecule has 1 unspecified atom stereocenters.